The maximum atomic E-state index is 11.3. The van der Waals surface area contributed by atoms with E-state index in [9.17, 15) is 24.6 Å². The summed E-state index contributed by atoms with van der Waals surface area (Å²) in [6, 6.07) is 0.262. The van der Waals surface area contributed by atoms with E-state index in [1.54, 1.807) is 0 Å². The molecule has 2 fully saturated rings. The first-order valence-corrected chi connectivity index (χ1v) is 12.2. The molecule has 5 atom stereocenters. The van der Waals surface area contributed by atoms with Crippen LogP contribution in [0.15, 0.2) is 6.20 Å². The third kappa shape index (κ3) is 4.76. The van der Waals surface area contributed by atoms with E-state index in [0.717, 1.165) is 25.7 Å². The molecule has 0 bridgehead atoms. The van der Waals surface area contributed by atoms with Crippen molar-refractivity contribution in [2.24, 2.45) is 0 Å². The first-order chi connectivity index (χ1) is 15.2. The minimum atomic E-state index is -4.72. The average molecular weight is 494 g/mol. The summed E-state index contributed by atoms with van der Waals surface area (Å²) in [5, 5.41) is 38.1. The van der Waals surface area contributed by atoms with Gasteiger partial charge in [-0.25, -0.2) is 4.68 Å². The molecule has 178 valence electrons. The summed E-state index contributed by atoms with van der Waals surface area (Å²) in [4.78, 5) is 26.8. The van der Waals surface area contributed by atoms with Gasteiger partial charge in [-0.15, -0.1) is 0 Å². The van der Waals surface area contributed by atoms with Crippen LogP contribution in [0.4, 0.5) is 5.82 Å². The molecule has 15 heteroatoms. The Hall–Kier alpha value is -1.41. The molecule has 0 unspecified atom stereocenters. The Bertz CT molecular complexity index is 999. The van der Waals surface area contributed by atoms with Gasteiger partial charge in [-0.1, -0.05) is 12.8 Å². The number of nitrogens with zero attached hydrogens (tertiary/aromatic N) is 4. The Morgan fingerprint density at radius 1 is 1.28 bits per heavy atom. The van der Waals surface area contributed by atoms with Crippen LogP contribution in [0, 0.1) is 0 Å². The van der Waals surface area contributed by atoms with Crippen LogP contribution in [-0.4, -0.2) is 88.3 Å². The van der Waals surface area contributed by atoms with Crippen molar-refractivity contribution < 1.29 is 39.1 Å². The molecule has 0 amide bonds. The third-order valence-corrected chi connectivity index (χ3v) is 6.92. The highest BCUT2D eigenvalue weighted by atomic mass is 35.5. The van der Waals surface area contributed by atoms with Crippen molar-refractivity contribution >= 4 is 36.0 Å². The Morgan fingerprint density at radius 3 is 2.66 bits per heavy atom. The molecule has 2 aliphatic rings. The van der Waals surface area contributed by atoms with Gasteiger partial charge in [0.1, 0.15) is 24.1 Å². The molecule has 4 rings (SSSR count). The number of rotatable bonds is 8. The molecule has 13 nitrogen and oxygen atoms in total. The van der Waals surface area contributed by atoms with Crippen LogP contribution >= 0.6 is 19.2 Å². The van der Waals surface area contributed by atoms with Crippen LogP contribution in [0.3, 0.4) is 0 Å². The van der Waals surface area contributed by atoms with Gasteiger partial charge < -0.3 is 39.9 Å². The van der Waals surface area contributed by atoms with Gasteiger partial charge in [-0.3, -0.25) is 4.57 Å². The predicted octanol–water partition coefficient (Wildman–Crippen LogP) is -0.0339. The molecule has 2 aromatic rings. The molecule has 3 heterocycles. The summed E-state index contributed by atoms with van der Waals surface area (Å²) in [7, 11) is -4.72. The van der Waals surface area contributed by atoms with Crippen molar-refractivity contribution in [3.63, 3.8) is 0 Å². The number of aromatic nitrogens is 4. The van der Waals surface area contributed by atoms with Crippen LogP contribution in [-0.2, 0) is 14.0 Å². The Labute approximate surface area is 187 Å². The number of hydrogen-bond acceptors (Lipinski definition) is 10. The second-order valence-electron chi connectivity index (χ2n) is 7.90. The van der Waals surface area contributed by atoms with E-state index in [0.29, 0.717) is 11.2 Å². The van der Waals surface area contributed by atoms with Gasteiger partial charge in [-0.2, -0.15) is 15.1 Å². The third-order valence-electron chi connectivity index (χ3n) is 5.68. The largest absolute Gasteiger partial charge is 0.393 e. The minimum Gasteiger partial charge on any atom is -0.393 e. The molecule has 6 N–H and O–H groups in total. The highest BCUT2D eigenvalue weighted by Gasteiger charge is 2.46. The topological polar surface area (TPSA) is 192 Å². The summed E-state index contributed by atoms with van der Waals surface area (Å²) in [6.45, 7) is -1.40. The second kappa shape index (κ2) is 9.45. The summed E-state index contributed by atoms with van der Waals surface area (Å²) >= 11 is 6.11. The molecule has 0 aromatic carbocycles. The van der Waals surface area contributed by atoms with Crippen molar-refractivity contribution in [1.29, 1.82) is 0 Å². The van der Waals surface area contributed by atoms with E-state index < -0.39 is 51.2 Å². The average Bonchev–Trinajstić information content (AvgIpc) is 3.44. The van der Waals surface area contributed by atoms with E-state index in [2.05, 4.69) is 20.4 Å². The number of fused-ring (bicyclic) bond motifs is 1. The molecule has 2 aromatic heterocycles. The van der Waals surface area contributed by atoms with Gasteiger partial charge >= 0.3 is 7.60 Å². The van der Waals surface area contributed by atoms with Gasteiger partial charge in [0, 0.05) is 6.04 Å². The highest BCUT2D eigenvalue weighted by Crippen LogP contribution is 2.42. The lowest BCUT2D eigenvalue weighted by atomic mass is 10.1. The SMILES string of the molecule is O=P(O)(O)[C@@H](CO)OC[C@H]1O[C@@H](n2ncc3c(NC4CCCC4)nc(Cl)nc32)[C@H](O)[C@@H]1O. The van der Waals surface area contributed by atoms with E-state index in [-0.39, 0.29) is 17.0 Å². The number of hydrogen-bond donors (Lipinski definition) is 6. The molecule has 1 saturated heterocycles. The number of halogens is 1. The summed E-state index contributed by atoms with van der Waals surface area (Å²) in [5.41, 5.74) is 0.284. The van der Waals surface area contributed by atoms with E-state index >= 15 is 0 Å². The zero-order chi connectivity index (χ0) is 23.0. The maximum absolute atomic E-state index is 11.3. The fraction of sp³-hybridized carbons (Fsp3) is 0.706. The lowest BCUT2D eigenvalue weighted by Gasteiger charge is -2.20. The van der Waals surface area contributed by atoms with Gasteiger partial charge in [-0.05, 0) is 24.4 Å². The van der Waals surface area contributed by atoms with Crippen molar-refractivity contribution in [1.82, 2.24) is 19.7 Å². The first-order valence-electron chi connectivity index (χ1n) is 10.2. The smallest absolute Gasteiger partial charge is 0.356 e. The number of aliphatic hydroxyl groups excluding tert-OH is 3. The lowest BCUT2D eigenvalue weighted by Crippen LogP contribution is -2.35. The van der Waals surface area contributed by atoms with Gasteiger partial charge in [0.25, 0.3) is 0 Å². The number of ether oxygens (including phenoxy) is 2. The summed E-state index contributed by atoms with van der Waals surface area (Å²) in [5.74, 6) is -1.26. The highest BCUT2D eigenvalue weighted by molar-refractivity contribution is 7.52. The second-order valence-corrected chi connectivity index (χ2v) is 9.99. The predicted molar refractivity (Wildman–Crippen MR) is 111 cm³/mol. The van der Waals surface area contributed by atoms with E-state index in [1.165, 1.54) is 10.9 Å². The molecule has 1 aliphatic carbocycles. The Kier molecular flexibility index (Phi) is 7.01. The molecule has 32 heavy (non-hydrogen) atoms. The van der Waals surface area contributed by atoms with Gasteiger partial charge in [0.15, 0.2) is 17.7 Å². The molecule has 1 saturated carbocycles. The van der Waals surface area contributed by atoms with Crippen molar-refractivity contribution in [3.8, 4) is 0 Å². The van der Waals surface area contributed by atoms with Crippen LogP contribution < -0.4 is 5.32 Å². The lowest BCUT2D eigenvalue weighted by molar-refractivity contribution is -0.0807. The Balaban J connectivity index is 1.54. The van der Waals surface area contributed by atoms with Crippen molar-refractivity contribution in [3.05, 3.63) is 11.5 Å². The fourth-order valence-corrected chi connectivity index (χ4v) is 4.65. The van der Waals surface area contributed by atoms with Crippen LogP contribution in [0.25, 0.3) is 11.0 Å². The van der Waals surface area contributed by atoms with Crippen LogP contribution in [0.2, 0.25) is 5.28 Å². The molecular formula is C17H25ClN5O8P. The zero-order valence-corrected chi connectivity index (χ0v) is 18.5. The minimum absolute atomic E-state index is 0.0277. The first kappa shape index (κ1) is 23.7. The number of nitrogens with one attached hydrogen (secondary N) is 1. The number of aliphatic hydroxyl groups is 3. The standard InChI is InChI=1S/C17H25ClN5O8P/c18-17-21-14(20-8-3-1-2-4-8)9-5-19-23(15(9)22-17)16-13(26)12(25)10(31-16)7-30-11(6-24)32(27,28)29/h5,8,10-13,16,24-26H,1-4,6-7H2,(H,20,21,22)(H2,27,28,29)/t10-,11+,12-,13-,16-/m1/s1. The quantitative estimate of drug-likeness (QED) is 0.213. The fourth-order valence-electron chi connectivity index (χ4n) is 3.99. The van der Waals surface area contributed by atoms with Crippen molar-refractivity contribution in [2.75, 3.05) is 18.5 Å². The van der Waals surface area contributed by atoms with Crippen LogP contribution in [0.1, 0.15) is 31.9 Å². The summed E-state index contributed by atoms with van der Waals surface area (Å²) in [6.07, 6.45) is 0.608. The molecule has 0 spiro atoms. The monoisotopic (exact) mass is 493 g/mol. The van der Waals surface area contributed by atoms with E-state index in [4.69, 9.17) is 26.2 Å². The van der Waals surface area contributed by atoms with Crippen molar-refractivity contribution in [2.45, 2.75) is 62.1 Å². The van der Waals surface area contributed by atoms with Gasteiger partial charge in [0.2, 0.25) is 5.28 Å². The Morgan fingerprint density at radius 2 is 2.00 bits per heavy atom. The molecular weight excluding hydrogens is 469 g/mol. The molecule has 1 aliphatic heterocycles. The molecule has 0 radical (unpaired) electrons. The maximum Gasteiger partial charge on any atom is 0.356 e. The van der Waals surface area contributed by atoms with E-state index in [1.807, 2.05) is 0 Å². The summed E-state index contributed by atoms with van der Waals surface area (Å²) < 4.78 is 23.3. The zero-order valence-electron chi connectivity index (χ0n) is 16.9. The normalized spacial score (nSPS) is 27.9. The van der Waals surface area contributed by atoms with Crippen LogP contribution in [0.5, 0.6) is 0 Å². The number of anilines is 1. The van der Waals surface area contributed by atoms with Gasteiger partial charge in [0.05, 0.1) is 24.8 Å².